The number of amides is 1. The minimum atomic E-state index is 0.0231. The Kier molecular flexibility index (Phi) is 3.46. The largest absolute Gasteiger partial charge is 0.306 e. The van der Waals surface area contributed by atoms with Crippen molar-refractivity contribution < 1.29 is 4.79 Å². The van der Waals surface area contributed by atoms with Gasteiger partial charge in [-0.3, -0.25) is 4.79 Å². The second kappa shape index (κ2) is 4.61. The first-order chi connectivity index (χ1) is 6.66. The summed E-state index contributed by atoms with van der Waals surface area (Å²) < 4.78 is 0. The topological polar surface area (TPSA) is 20.3 Å². The van der Waals surface area contributed by atoms with Gasteiger partial charge in [-0.15, -0.1) is 6.58 Å². The number of benzene rings is 1. The van der Waals surface area contributed by atoms with E-state index in [1.54, 1.807) is 17.9 Å². The van der Waals surface area contributed by atoms with Crippen LogP contribution >= 0.6 is 0 Å². The maximum atomic E-state index is 11.4. The molecule has 1 aromatic carbocycles. The summed E-state index contributed by atoms with van der Waals surface area (Å²) in [4.78, 5) is 13.1. The first kappa shape index (κ1) is 10.5. The summed E-state index contributed by atoms with van der Waals surface area (Å²) in [5, 5.41) is 0. The molecule has 1 rings (SSSR count). The second-order valence-electron chi connectivity index (χ2n) is 3.20. The van der Waals surface area contributed by atoms with E-state index in [0.29, 0.717) is 0 Å². The van der Waals surface area contributed by atoms with Crippen LogP contribution in [0, 0.1) is 0 Å². The molecular weight excluding hydrogens is 174 g/mol. The van der Waals surface area contributed by atoms with Crippen molar-refractivity contribution in [3.63, 3.8) is 0 Å². The van der Waals surface area contributed by atoms with Crippen molar-refractivity contribution in [1.82, 2.24) is 0 Å². The molecule has 0 heterocycles. The van der Waals surface area contributed by atoms with Crippen molar-refractivity contribution in [2.75, 3.05) is 4.90 Å². The molecular formula is C12H15NO. The predicted octanol–water partition coefficient (Wildman–Crippen LogP) is 2.61. The molecule has 1 amide bonds. The Balaban J connectivity index is 3.00. The molecule has 0 aliphatic heterocycles. The molecule has 2 heteroatoms. The Hall–Kier alpha value is -1.57. The van der Waals surface area contributed by atoms with E-state index >= 15 is 0 Å². The summed E-state index contributed by atoms with van der Waals surface area (Å²) in [6.07, 6.45) is 1.76. The lowest BCUT2D eigenvalue weighted by molar-refractivity contribution is -0.116. The maximum absolute atomic E-state index is 11.4. The smallest absolute Gasteiger partial charge is 0.224 e. The summed E-state index contributed by atoms with van der Waals surface area (Å²) >= 11 is 0. The number of carbonyl (C=O) groups is 1. The Labute approximate surface area is 84.9 Å². The molecule has 1 atom stereocenters. The third kappa shape index (κ3) is 2.22. The molecule has 0 aliphatic carbocycles. The van der Waals surface area contributed by atoms with Crippen LogP contribution in [-0.2, 0) is 4.79 Å². The van der Waals surface area contributed by atoms with Crippen molar-refractivity contribution in [3.05, 3.63) is 43.0 Å². The summed E-state index contributed by atoms with van der Waals surface area (Å²) in [7, 11) is 0. The molecule has 0 aromatic heterocycles. The summed E-state index contributed by atoms with van der Waals surface area (Å²) in [6.45, 7) is 7.20. The maximum Gasteiger partial charge on any atom is 0.224 e. The predicted molar refractivity (Wildman–Crippen MR) is 59.3 cm³/mol. The van der Waals surface area contributed by atoms with Crippen LogP contribution in [0.3, 0.4) is 0 Å². The first-order valence-corrected chi connectivity index (χ1v) is 4.64. The van der Waals surface area contributed by atoms with Gasteiger partial charge in [0.05, 0.1) is 6.04 Å². The Bertz CT molecular complexity index is 318. The van der Waals surface area contributed by atoms with E-state index in [1.165, 1.54) is 0 Å². The third-order valence-electron chi connectivity index (χ3n) is 2.12. The zero-order chi connectivity index (χ0) is 10.6. The van der Waals surface area contributed by atoms with Crippen LogP contribution in [0.1, 0.15) is 13.8 Å². The normalized spacial score (nSPS) is 11.9. The van der Waals surface area contributed by atoms with E-state index in [4.69, 9.17) is 0 Å². The first-order valence-electron chi connectivity index (χ1n) is 4.64. The molecule has 1 unspecified atom stereocenters. The van der Waals surface area contributed by atoms with Gasteiger partial charge >= 0.3 is 0 Å². The fourth-order valence-corrected chi connectivity index (χ4v) is 1.40. The summed E-state index contributed by atoms with van der Waals surface area (Å²) in [5.41, 5.74) is 0.910. The molecule has 74 valence electrons. The average Bonchev–Trinajstić information content (AvgIpc) is 2.19. The van der Waals surface area contributed by atoms with Crippen molar-refractivity contribution >= 4 is 11.6 Å². The van der Waals surface area contributed by atoms with Gasteiger partial charge in [-0.2, -0.15) is 0 Å². The van der Waals surface area contributed by atoms with Crippen LogP contribution in [0.2, 0.25) is 0 Å². The molecule has 0 radical (unpaired) electrons. The molecule has 0 saturated heterocycles. The lowest BCUT2D eigenvalue weighted by atomic mass is 10.2. The van der Waals surface area contributed by atoms with Crippen LogP contribution in [0.5, 0.6) is 0 Å². The van der Waals surface area contributed by atoms with Crippen molar-refractivity contribution in [2.45, 2.75) is 19.9 Å². The zero-order valence-corrected chi connectivity index (χ0v) is 8.60. The molecule has 1 aromatic rings. The Morgan fingerprint density at radius 3 is 2.43 bits per heavy atom. The average molecular weight is 189 g/mol. The van der Waals surface area contributed by atoms with E-state index < -0.39 is 0 Å². The highest BCUT2D eigenvalue weighted by Gasteiger charge is 2.15. The Morgan fingerprint density at radius 2 is 2.00 bits per heavy atom. The molecule has 0 aliphatic rings. The van der Waals surface area contributed by atoms with Gasteiger partial charge in [-0.05, 0) is 19.1 Å². The monoisotopic (exact) mass is 189 g/mol. The lowest BCUT2D eigenvalue weighted by Gasteiger charge is -2.25. The number of hydrogen-bond donors (Lipinski definition) is 0. The Morgan fingerprint density at radius 1 is 1.43 bits per heavy atom. The number of carbonyl (C=O) groups excluding carboxylic acids is 1. The zero-order valence-electron chi connectivity index (χ0n) is 8.60. The molecule has 0 saturated carbocycles. The number of nitrogens with zero attached hydrogens (tertiary/aromatic N) is 1. The van der Waals surface area contributed by atoms with Crippen molar-refractivity contribution in [2.24, 2.45) is 0 Å². The molecule has 0 bridgehead atoms. The second-order valence-corrected chi connectivity index (χ2v) is 3.20. The van der Waals surface area contributed by atoms with Gasteiger partial charge < -0.3 is 4.90 Å². The fourth-order valence-electron chi connectivity index (χ4n) is 1.40. The van der Waals surface area contributed by atoms with Gasteiger partial charge in [0.2, 0.25) is 5.91 Å². The standard InChI is InChI=1S/C12H15NO/c1-4-10(2)13(11(3)14)12-8-6-5-7-9-12/h4-10H,1H2,2-3H3. The minimum Gasteiger partial charge on any atom is -0.306 e. The van der Waals surface area contributed by atoms with Gasteiger partial charge in [-0.1, -0.05) is 24.3 Å². The number of para-hydroxylation sites is 1. The lowest BCUT2D eigenvalue weighted by Crippen LogP contribution is -2.35. The minimum absolute atomic E-state index is 0.0231. The van der Waals surface area contributed by atoms with Gasteiger partial charge in [0.1, 0.15) is 0 Å². The quantitative estimate of drug-likeness (QED) is 0.669. The molecule has 2 nitrogen and oxygen atoms in total. The SMILES string of the molecule is C=CC(C)N(C(C)=O)c1ccccc1. The number of rotatable bonds is 3. The van der Waals surface area contributed by atoms with Crippen molar-refractivity contribution in [1.29, 1.82) is 0 Å². The van der Waals surface area contributed by atoms with Crippen LogP contribution < -0.4 is 4.90 Å². The van der Waals surface area contributed by atoms with Gasteiger partial charge in [0.25, 0.3) is 0 Å². The van der Waals surface area contributed by atoms with E-state index in [9.17, 15) is 4.79 Å². The van der Waals surface area contributed by atoms with Gasteiger partial charge in [0.15, 0.2) is 0 Å². The number of anilines is 1. The third-order valence-corrected chi connectivity index (χ3v) is 2.12. The van der Waals surface area contributed by atoms with Gasteiger partial charge in [0, 0.05) is 12.6 Å². The molecule has 0 fully saturated rings. The summed E-state index contributed by atoms with van der Waals surface area (Å²) in [5.74, 6) is 0.0311. The van der Waals surface area contributed by atoms with E-state index in [2.05, 4.69) is 6.58 Å². The van der Waals surface area contributed by atoms with Gasteiger partial charge in [-0.25, -0.2) is 0 Å². The molecule has 0 spiro atoms. The highest BCUT2D eigenvalue weighted by atomic mass is 16.2. The van der Waals surface area contributed by atoms with Crippen LogP contribution in [0.15, 0.2) is 43.0 Å². The van der Waals surface area contributed by atoms with Crippen LogP contribution in [0.25, 0.3) is 0 Å². The van der Waals surface area contributed by atoms with E-state index in [-0.39, 0.29) is 11.9 Å². The molecule has 0 N–H and O–H groups in total. The van der Waals surface area contributed by atoms with E-state index in [1.807, 2.05) is 37.3 Å². The van der Waals surface area contributed by atoms with E-state index in [0.717, 1.165) is 5.69 Å². The summed E-state index contributed by atoms with van der Waals surface area (Å²) in [6, 6.07) is 9.63. The van der Waals surface area contributed by atoms with Crippen LogP contribution in [0.4, 0.5) is 5.69 Å². The molecule has 14 heavy (non-hydrogen) atoms. The van der Waals surface area contributed by atoms with Crippen LogP contribution in [-0.4, -0.2) is 11.9 Å². The fraction of sp³-hybridized carbons (Fsp3) is 0.250. The highest BCUT2D eigenvalue weighted by Crippen LogP contribution is 2.16. The van der Waals surface area contributed by atoms with Crippen molar-refractivity contribution in [3.8, 4) is 0 Å². The number of hydrogen-bond acceptors (Lipinski definition) is 1. The highest BCUT2D eigenvalue weighted by molar-refractivity contribution is 5.92.